The van der Waals surface area contributed by atoms with Crippen molar-refractivity contribution in [1.82, 2.24) is 4.98 Å². The van der Waals surface area contributed by atoms with E-state index < -0.39 is 28.0 Å². The van der Waals surface area contributed by atoms with Crippen LogP contribution in [0, 0.1) is 16.1 Å². The van der Waals surface area contributed by atoms with E-state index in [2.05, 4.69) is 4.98 Å². The fourth-order valence-corrected chi connectivity index (χ4v) is 1.47. The number of rotatable bonds is 3. The van der Waals surface area contributed by atoms with Crippen LogP contribution in [0.4, 0.5) is 10.1 Å². The van der Waals surface area contributed by atoms with Crippen molar-refractivity contribution in [3.63, 3.8) is 0 Å². The highest BCUT2D eigenvalue weighted by Gasteiger charge is 2.23. The smallest absolute Gasteiger partial charge is 0.287 e. The molecule has 0 radical (unpaired) electrons. The predicted octanol–water partition coefficient (Wildman–Crippen LogP) is 2.36. The number of hydrogen-bond acceptors (Lipinski definition) is 4. The van der Waals surface area contributed by atoms with Crippen LogP contribution in [0.15, 0.2) is 42.5 Å². The molecule has 0 fully saturated rings. The van der Waals surface area contributed by atoms with Gasteiger partial charge in [-0.2, -0.15) is 4.39 Å². The summed E-state index contributed by atoms with van der Waals surface area (Å²) in [5, 5.41) is 10.8. The molecule has 0 spiro atoms. The number of carbonyl (C=O) groups excluding carboxylic acids is 1. The molecule has 18 heavy (non-hydrogen) atoms. The first-order valence-electron chi connectivity index (χ1n) is 5.00. The maximum Gasteiger partial charge on any atom is 0.299 e. The number of pyridine rings is 1. The Balaban J connectivity index is 2.54. The second-order valence-corrected chi connectivity index (χ2v) is 3.45. The van der Waals surface area contributed by atoms with Crippen molar-refractivity contribution in [1.29, 1.82) is 0 Å². The summed E-state index contributed by atoms with van der Waals surface area (Å²) in [7, 11) is 0. The summed E-state index contributed by atoms with van der Waals surface area (Å²) in [5.41, 5.74) is -0.782. The highest BCUT2D eigenvalue weighted by Crippen LogP contribution is 2.19. The lowest BCUT2D eigenvalue weighted by Crippen LogP contribution is -2.09. The van der Waals surface area contributed by atoms with Crippen molar-refractivity contribution in [3.8, 4) is 0 Å². The number of nitrogens with zero attached hydrogens (tertiary/aromatic N) is 2. The van der Waals surface area contributed by atoms with Crippen molar-refractivity contribution in [2.75, 3.05) is 0 Å². The number of aromatic nitrogens is 1. The molecular formula is C12H7FN2O3. The van der Waals surface area contributed by atoms with Crippen LogP contribution < -0.4 is 0 Å². The summed E-state index contributed by atoms with van der Waals surface area (Å²) in [6.45, 7) is 0. The second-order valence-electron chi connectivity index (χ2n) is 3.45. The van der Waals surface area contributed by atoms with Crippen LogP contribution >= 0.6 is 0 Å². The lowest BCUT2D eigenvalue weighted by molar-refractivity contribution is -0.385. The van der Waals surface area contributed by atoms with Gasteiger partial charge in [0.25, 0.3) is 5.69 Å². The van der Waals surface area contributed by atoms with Gasteiger partial charge in [-0.15, -0.1) is 0 Å². The third-order valence-electron chi connectivity index (χ3n) is 2.29. The summed E-state index contributed by atoms with van der Waals surface area (Å²) in [4.78, 5) is 25.3. The Hall–Kier alpha value is -2.63. The SMILES string of the molecule is O=C(c1ccccc1)c1nc(F)ccc1[N+](=O)[O-]. The molecule has 1 heterocycles. The van der Waals surface area contributed by atoms with Crippen molar-refractivity contribution < 1.29 is 14.1 Å². The highest BCUT2D eigenvalue weighted by atomic mass is 19.1. The van der Waals surface area contributed by atoms with E-state index in [-0.39, 0.29) is 5.56 Å². The van der Waals surface area contributed by atoms with E-state index in [0.717, 1.165) is 12.1 Å². The van der Waals surface area contributed by atoms with E-state index in [9.17, 15) is 19.3 Å². The van der Waals surface area contributed by atoms with E-state index in [1.54, 1.807) is 18.2 Å². The molecule has 90 valence electrons. The molecule has 0 bridgehead atoms. The van der Waals surface area contributed by atoms with Crippen molar-refractivity contribution in [3.05, 3.63) is 69.8 Å². The van der Waals surface area contributed by atoms with Gasteiger partial charge in [-0.05, 0) is 0 Å². The normalized spacial score (nSPS) is 10.1. The first-order chi connectivity index (χ1) is 8.59. The van der Waals surface area contributed by atoms with E-state index in [0.29, 0.717) is 0 Å². The zero-order valence-electron chi connectivity index (χ0n) is 9.04. The summed E-state index contributed by atoms with van der Waals surface area (Å²) < 4.78 is 13.0. The summed E-state index contributed by atoms with van der Waals surface area (Å²) >= 11 is 0. The number of benzene rings is 1. The first-order valence-corrected chi connectivity index (χ1v) is 5.00. The van der Waals surface area contributed by atoms with E-state index >= 15 is 0 Å². The van der Waals surface area contributed by atoms with E-state index in [4.69, 9.17) is 0 Å². The minimum atomic E-state index is -0.931. The van der Waals surface area contributed by atoms with Gasteiger partial charge in [-0.25, -0.2) is 4.98 Å². The van der Waals surface area contributed by atoms with Crippen LogP contribution in [0.25, 0.3) is 0 Å². The van der Waals surface area contributed by atoms with E-state index in [1.165, 1.54) is 12.1 Å². The Bertz CT molecular complexity index is 614. The molecule has 0 aliphatic rings. The Morgan fingerprint density at radius 3 is 2.44 bits per heavy atom. The number of halogens is 1. The van der Waals surface area contributed by atoms with Crippen LogP contribution in [-0.2, 0) is 0 Å². The van der Waals surface area contributed by atoms with Gasteiger partial charge < -0.3 is 0 Å². The summed E-state index contributed by atoms with van der Waals surface area (Å²) in [6, 6.07) is 9.66. The minimum Gasteiger partial charge on any atom is -0.287 e. The molecule has 0 aliphatic heterocycles. The van der Waals surface area contributed by atoms with E-state index in [1.807, 2.05) is 0 Å². The largest absolute Gasteiger partial charge is 0.299 e. The molecule has 0 atom stereocenters. The average molecular weight is 246 g/mol. The standard InChI is InChI=1S/C12H7FN2O3/c13-10-7-6-9(15(17)18)11(14-10)12(16)8-4-2-1-3-5-8/h1-7H. The monoisotopic (exact) mass is 246 g/mol. The first kappa shape index (κ1) is 11.8. The molecule has 2 aromatic rings. The Kier molecular flexibility index (Phi) is 3.09. The molecule has 0 saturated carbocycles. The molecular weight excluding hydrogens is 239 g/mol. The van der Waals surface area contributed by atoms with Gasteiger partial charge in [0.1, 0.15) is 0 Å². The Labute approximate surface area is 101 Å². The summed E-state index contributed by atoms with van der Waals surface area (Å²) in [6.07, 6.45) is 0. The molecule has 6 heteroatoms. The number of nitro groups is 1. The molecule has 0 amide bonds. The zero-order valence-corrected chi connectivity index (χ0v) is 9.04. The van der Waals surface area contributed by atoms with Crippen molar-refractivity contribution >= 4 is 11.5 Å². The maximum atomic E-state index is 13.0. The molecule has 2 rings (SSSR count). The number of ketones is 1. The van der Waals surface area contributed by atoms with Gasteiger partial charge in [0.15, 0.2) is 5.69 Å². The van der Waals surface area contributed by atoms with Crippen molar-refractivity contribution in [2.24, 2.45) is 0 Å². The zero-order chi connectivity index (χ0) is 13.1. The van der Waals surface area contributed by atoms with Crippen LogP contribution in [-0.4, -0.2) is 15.7 Å². The van der Waals surface area contributed by atoms with Crippen LogP contribution in [0.3, 0.4) is 0 Å². The lowest BCUT2D eigenvalue weighted by Gasteiger charge is -2.01. The number of carbonyl (C=O) groups is 1. The quantitative estimate of drug-likeness (QED) is 0.360. The molecule has 0 unspecified atom stereocenters. The fourth-order valence-electron chi connectivity index (χ4n) is 1.47. The molecule has 0 N–H and O–H groups in total. The molecule has 0 saturated heterocycles. The van der Waals surface area contributed by atoms with Crippen LogP contribution in [0.1, 0.15) is 16.1 Å². The molecule has 1 aromatic heterocycles. The van der Waals surface area contributed by atoms with Crippen LogP contribution in [0.2, 0.25) is 0 Å². The van der Waals surface area contributed by atoms with Gasteiger partial charge in [-0.1, -0.05) is 30.3 Å². The topological polar surface area (TPSA) is 73.1 Å². The molecule has 1 aromatic carbocycles. The predicted molar refractivity (Wildman–Crippen MR) is 60.7 cm³/mol. The van der Waals surface area contributed by atoms with Crippen molar-refractivity contribution in [2.45, 2.75) is 0 Å². The maximum absolute atomic E-state index is 13.0. The molecule has 0 aliphatic carbocycles. The van der Waals surface area contributed by atoms with Crippen LogP contribution in [0.5, 0.6) is 0 Å². The third kappa shape index (κ3) is 2.22. The Morgan fingerprint density at radius 2 is 1.83 bits per heavy atom. The number of hydrogen-bond donors (Lipinski definition) is 0. The fraction of sp³-hybridized carbons (Fsp3) is 0. The highest BCUT2D eigenvalue weighted by molar-refractivity contribution is 6.10. The van der Waals surface area contributed by atoms with Gasteiger partial charge in [0, 0.05) is 17.7 Å². The molecule has 5 nitrogen and oxygen atoms in total. The van der Waals surface area contributed by atoms with Gasteiger partial charge >= 0.3 is 0 Å². The Morgan fingerprint density at radius 1 is 1.17 bits per heavy atom. The van der Waals surface area contributed by atoms with Gasteiger partial charge in [-0.3, -0.25) is 14.9 Å². The third-order valence-corrected chi connectivity index (χ3v) is 2.29. The summed E-state index contributed by atoms with van der Waals surface area (Å²) in [5.74, 6) is -1.61. The lowest BCUT2D eigenvalue weighted by atomic mass is 10.1. The second kappa shape index (κ2) is 4.70. The average Bonchev–Trinajstić information content (AvgIpc) is 2.38. The minimum absolute atomic E-state index is 0.221. The van der Waals surface area contributed by atoms with Gasteiger partial charge in [0.05, 0.1) is 4.92 Å². The van der Waals surface area contributed by atoms with Gasteiger partial charge in [0.2, 0.25) is 11.7 Å².